The average molecular weight is 188 g/mol. The molecule has 1 aliphatic rings. The minimum absolute atomic E-state index is 0.0350. The smallest absolute Gasteiger partial charge is 0.181 e. The quantitative estimate of drug-likeness (QED) is 0.782. The topological polar surface area (TPSA) is 52.0 Å². The van der Waals surface area contributed by atoms with E-state index in [1.165, 1.54) is 12.0 Å². The highest BCUT2D eigenvalue weighted by atomic mass is 16.3. The molecular weight excluding hydrogens is 176 g/mol. The molecule has 72 valence electrons. The highest BCUT2D eigenvalue weighted by molar-refractivity contribution is 5.76. The van der Waals surface area contributed by atoms with Crippen LogP contribution in [0.25, 0.3) is 11.1 Å². The number of oxazole rings is 1. The van der Waals surface area contributed by atoms with E-state index in [9.17, 15) is 0 Å². The van der Waals surface area contributed by atoms with Crippen LogP contribution in [0.15, 0.2) is 29.0 Å². The van der Waals surface area contributed by atoms with Gasteiger partial charge in [-0.15, -0.1) is 0 Å². The summed E-state index contributed by atoms with van der Waals surface area (Å²) in [6, 6.07) is 6.01. The van der Waals surface area contributed by atoms with E-state index in [4.69, 9.17) is 10.2 Å². The average Bonchev–Trinajstić information content (AvgIpc) is 2.73. The van der Waals surface area contributed by atoms with E-state index in [1.54, 1.807) is 0 Å². The fraction of sp³-hybridized carbons (Fsp3) is 0.364. The molecule has 1 aromatic heterocycles. The van der Waals surface area contributed by atoms with Gasteiger partial charge in [0, 0.05) is 5.54 Å². The molecule has 3 nitrogen and oxygen atoms in total. The number of hydrogen-bond donors (Lipinski definition) is 1. The summed E-state index contributed by atoms with van der Waals surface area (Å²) in [6.45, 7) is 0. The first-order valence-corrected chi connectivity index (χ1v) is 4.87. The summed E-state index contributed by atoms with van der Waals surface area (Å²) >= 11 is 0. The standard InChI is InChI=1S/C11H12N2O/c12-11(4-5-11)6-8-2-1-3-9-10(8)13-7-14-9/h1-3,7H,4-6,12H2. The molecule has 0 atom stereocenters. The molecule has 1 aliphatic carbocycles. The molecule has 1 saturated carbocycles. The maximum Gasteiger partial charge on any atom is 0.181 e. The molecular formula is C11H12N2O. The van der Waals surface area contributed by atoms with E-state index in [0.29, 0.717) is 0 Å². The maximum absolute atomic E-state index is 6.08. The lowest BCUT2D eigenvalue weighted by Gasteiger charge is -2.07. The van der Waals surface area contributed by atoms with Crippen molar-refractivity contribution >= 4 is 11.1 Å². The van der Waals surface area contributed by atoms with Gasteiger partial charge in [0.1, 0.15) is 5.52 Å². The molecule has 2 N–H and O–H groups in total. The van der Waals surface area contributed by atoms with Crippen molar-refractivity contribution in [3.05, 3.63) is 30.2 Å². The van der Waals surface area contributed by atoms with Gasteiger partial charge in [0.25, 0.3) is 0 Å². The highest BCUT2D eigenvalue weighted by Gasteiger charge is 2.38. The third-order valence-electron chi connectivity index (χ3n) is 2.88. The van der Waals surface area contributed by atoms with Crippen LogP contribution in [-0.2, 0) is 6.42 Å². The monoisotopic (exact) mass is 188 g/mol. The van der Waals surface area contributed by atoms with Gasteiger partial charge in [0.05, 0.1) is 0 Å². The number of nitrogens with two attached hydrogens (primary N) is 1. The van der Waals surface area contributed by atoms with Crippen LogP contribution in [0.2, 0.25) is 0 Å². The molecule has 1 fully saturated rings. The second-order valence-corrected chi connectivity index (χ2v) is 4.16. The van der Waals surface area contributed by atoms with Gasteiger partial charge < -0.3 is 10.2 Å². The molecule has 2 aromatic rings. The predicted molar refractivity (Wildman–Crippen MR) is 53.9 cm³/mol. The third kappa shape index (κ3) is 1.21. The van der Waals surface area contributed by atoms with Gasteiger partial charge in [0.15, 0.2) is 12.0 Å². The maximum atomic E-state index is 6.08. The molecule has 0 aliphatic heterocycles. The molecule has 0 radical (unpaired) electrons. The molecule has 0 unspecified atom stereocenters. The molecule has 0 saturated heterocycles. The Balaban J connectivity index is 2.06. The van der Waals surface area contributed by atoms with Gasteiger partial charge in [-0.2, -0.15) is 0 Å². The van der Waals surface area contributed by atoms with Crippen LogP contribution in [0.1, 0.15) is 18.4 Å². The van der Waals surface area contributed by atoms with Crippen LogP contribution >= 0.6 is 0 Å². The molecule has 0 bridgehead atoms. The van der Waals surface area contributed by atoms with Gasteiger partial charge in [-0.05, 0) is 30.9 Å². The first-order valence-electron chi connectivity index (χ1n) is 4.87. The van der Waals surface area contributed by atoms with Crippen molar-refractivity contribution in [1.82, 2.24) is 4.98 Å². The van der Waals surface area contributed by atoms with Gasteiger partial charge in [-0.3, -0.25) is 0 Å². The Hall–Kier alpha value is -1.35. The second-order valence-electron chi connectivity index (χ2n) is 4.16. The lowest BCUT2D eigenvalue weighted by atomic mass is 10.0. The van der Waals surface area contributed by atoms with Crippen LogP contribution in [0.4, 0.5) is 0 Å². The largest absolute Gasteiger partial charge is 0.443 e. The predicted octanol–water partition coefficient (Wildman–Crippen LogP) is 1.86. The van der Waals surface area contributed by atoms with E-state index in [-0.39, 0.29) is 5.54 Å². The van der Waals surface area contributed by atoms with E-state index in [0.717, 1.165) is 30.4 Å². The molecule has 1 heterocycles. The van der Waals surface area contributed by atoms with Crippen molar-refractivity contribution in [2.45, 2.75) is 24.8 Å². The fourth-order valence-corrected chi connectivity index (χ4v) is 1.80. The lowest BCUT2D eigenvalue weighted by molar-refractivity contribution is 0.602. The minimum Gasteiger partial charge on any atom is -0.443 e. The summed E-state index contributed by atoms with van der Waals surface area (Å²) in [5.74, 6) is 0. The van der Waals surface area contributed by atoms with E-state index in [1.807, 2.05) is 12.1 Å². The van der Waals surface area contributed by atoms with Crippen molar-refractivity contribution < 1.29 is 4.42 Å². The third-order valence-corrected chi connectivity index (χ3v) is 2.88. The molecule has 0 amide bonds. The molecule has 3 heteroatoms. The summed E-state index contributed by atoms with van der Waals surface area (Å²) in [7, 11) is 0. The zero-order valence-corrected chi connectivity index (χ0v) is 7.86. The van der Waals surface area contributed by atoms with Gasteiger partial charge in [-0.25, -0.2) is 4.98 Å². The highest BCUT2D eigenvalue weighted by Crippen LogP contribution is 2.36. The minimum atomic E-state index is 0.0350. The number of benzene rings is 1. The zero-order valence-electron chi connectivity index (χ0n) is 7.86. The normalized spacial score (nSPS) is 18.6. The lowest BCUT2D eigenvalue weighted by Crippen LogP contribution is -2.24. The summed E-state index contributed by atoms with van der Waals surface area (Å²) in [4.78, 5) is 4.21. The summed E-state index contributed by atoms with van der Waals surface area (Å²) in [5, 5.41) is 0. The zero-order chi connectivity index (χ0) is 9.60. The van der Waals surface area contributed by atoms with Crippen molar-refractivity contribution in [3.63, 3.8) is 0 Å². The number of fused-ring (bicyclic) bond motifs is 1. The number of para-hydroxylation sites is 1. The first kappa shape index (κ1) is 8.00. The van der Waals surface area contributed by atoms with Crippen molar-refractivity contribution in [2.75, 3.05) is 0 Å². The van der Waals surface area contributed by atoms with Gasteiger partial charge in [-0.1, -0.05) is 12.1 Å². The van der Waals surface area contributed by atoms with E-state index >= 15 is 0 Å². The van der Waals surface area contributed by atoms with Crippen molar-refractivity contribution in [3.8, 4) is 0 Å². The van der Waals surface area contributed by atoms with Gasteiger partial charge >= 0.3 is 0 Å². The van der Waals surface area contributed by atoms with Crippen LogP contribution in [0.3, 0.4) is 0 Å². The Kier molecular flexibility index (Phi) is 1.47. The Morgan fingerprint density at radius 1 is 1.43 bits per heavy atom. The molecule has 3 rings (SSSR count). The van der Waals surface area contributed by atoms with Crippen LogP contribution in [0, 0.1) is 0 Å². The van der Waals surface area contributed by atoms with Gasteiger partial charge in [0.2, 0.25) is 0 Å². The van der Waals surface area contributed by atoms with Crippen LogP contribution in [-0.4, -0.2) is 10.5 Å². The van der Waals surface area contributed by atoms with E-state index in [2.05, 4.69) is 11.1 Å². The van der Waals surface area contributed by atoms with Crippen molar-refractivity contribution in [1.29, 1.82) is 0 Å². The number of hydrogen-bond acceptors (Lipinski definition) is 3. The molecule has 0 spiro atoms. The summed E-state index contributed by atoms with van der Waals surface area (Å²) < 4.78 is 5.24. The summed E-state index contributed by atoms with van der Waals surface area (Å²) in [6.07, 6.45) is 4.66. The van der Waals surface area contributed by atoms with E-state index < -0.39 is 0 Å². The number of aromatic nitrogens is 1. The SMILES string of the molecule is NC1(Cc2cccc3ocnc23)CC1. The van der Waals surface area contributed by atoms with Crippen LogP contribution in [0.5, 0.6) is 0 Å². The Labute approximate surface area is 81.9 Å². The van der Waals surface area contributed by atoms with Crippen molar-refractivity contribution in [2.24, 2.45) is 5.73 Å². The first-order chi connectivity index (χ1) is 6.77. The Morgan fingerprint density at radius 3 is 3.07 bits per heavy atom. The number of rotatable bonds is 2. The molecule has 14 heavy (non-hydrogen) atoms. The Bertz CT molecular complexity index is 471. The Morgan fingerprint density at radius 2 is 2.29 bits per heavy atom. The van der Waals surface area contributed by atoms with Crippen LogP contribution < -0.4 is 5.73 Å². The fourth-order valence-electron chi connectivity index (χ4n) is 1.80. The number of nitrogens with zero attached hydrogens (tertiary/aromatic N) is 1. The molecule has 1 aromatic carbocycles. The summed E-state index contributed by atoms with van der Waals surface area (Å²) in [5.41, 5.74) is 9.14. The second kappa shape index (κ2) is 2.58.